The van der Waals surface area contributed by atoms with Crippen LogP contribution in [0.2, 0.25) is 0 Å². The molecule has 0 spiro atoms. The topological polar surface area (TPSA) is 102 Å². The maximum Gasteiger partial charge on any atom is 0.239 e. The second-order valence-electron chi connectivity index (χ2n) is 5.13. The van der Waals surface area contributed by atoms with Crippen LogP contribution in [0.15, 0.2) is 0 Å². The van der Waals surface area contributed by atoms with E-state index in [1.807, 2.05) is 27.7 Å². The molecule has 1 rings (SSSR count). The van der Waals surface area contributed by atoms with Crippen LogP contribution in [0.5, 0.6) is 0 Å². The van der Waals surface area contributed by atoms with E-state index in [9.17, 15) is 9.59 Å². The first-order valence-electron chi connectivity index (χ1n) is 6.80. The smallest absolute Gasteiger partial charge is 0.239 e. The molecule has 9 heteroatoms. The van der Waals surface area contributed by atoms with E-state index < -0.39 is 0 Å². The highest BCUT2D eigenvalue weighted by Crippen LogP contribution is 2.12. The molecule has 1 heterocycles. The van der Waals surface area contributed by atoms with Crippen LogP contribution in [-0.2, 0) is 15.3 Å². The summed E-state index contributed by atoms with van der Waals surface area (Å²) in [7, 11) is 0. The van der Waals surface area contributed by atoms with E-state index in [1.54, 1.807) is 4.68 Å². The fourth-order valence-electron chi connectivity index (χ4n) is 1.55. The quantitative estimate of drug-likeness (QED) is 0.707. The van der Waals surface area contributed by atoms with E-state index in [1.165, 1.54) is 11.8 Å². The van der Waals surface area contributed by atoms with Gasteiger partial charge in [-0.05, 0) is 38.1 Å². The summed E-state index contributed by atoms with van der Waals surface area (Å²) in [5.74, 6) is 1.19. The Bertz CT molecular complexity index is 474. The minimum Gasteiger partial charge on any atom is -0.352 e. The Morgan fingerprint density at radius 1 is 1.24 bits per heavy atom. The average Bonchev–Trinajstić information content (AvgIpc) is 2.84. The lowest BCUT2D eigenvalue weighted by Crippen LogP contribution is -2.40. The van der Waals surface area contributed by atoms with Gasteiger partial charge in [-0.3, -0.25) is 9.59 Å². The fourth-order valence-corrected chi connectivity index (χ4v) is 2.31. The van der Waals surface area contributed by atoms with Crippen LogP contribution in [0.4, 0.5) is 0 Å². The van der Waals surface area contributed by atoms with Crippen LogP contribution in [0.1, 0.15) is 39.6 Å². The largest absolute Gasteiger partial charge is 0.352 e. The van der Waals surface area contributed by atoms with Crippen LogP contribution >= 0.6 is 11.8 Å². The Labute approximate surface area is 128 Å². The molecule has 2 amide bonds. The maximum atomic E-state index is 11.6. The number of rotatable bonds is 8. The second kappa shape index (κ2) is 8.60. The van der Waals surface area contributed by atoms with Crippen molar-refractivity contribution in [2.45, 2.75) is 45.5 Å². The highest BCUT2D eigenvalue weighted by Gasteiger charge is 2.11. The number of nitrogens with one attached hydrogen (secondary N) is 2. The lowest BCUT2D eigenvalue weighted by atomic mass is 10.4. The van der Waals surface area contributed by atoms with Gasteiger partial charge in [0.05, 0.1) is 24.1 Å². The van der Waals surface area contributed by atoms with Crippen LogP contribution in [0.25, 0.3) is 0 Å². The second-order valence-corrected chi connectivity index (χ2v) is 6.11. The average molecular weight is 314 g/mol. The van der Waals surface area contributed by atoms with E-state index in [4.69, 9.17) is 0 Å². The summed E-state index contributed by atoms with van der Waals surface area (Å²) in [5, 5.41) is 16.7. The third-order valence-corrected chi connectivity index (χ3v) is 3.34. The Hall–Kier alpha value is -1.64. The zero-order chi connectivity index (χ0) is 15.8. The van der Waals surface area contributed by atoms with Gasteiger partial charge in [0.25, 0.3) is 0 Å². The van der Waals surface area contributed by atoms with Crippen LogP contribution in [0, 0.1) is 0 Å². The molecule has 0 aliphatic heterocycles. The Balaban J connectivity index is 2.24. The first-order chi connectivity index (χ1) is 9.90. The normalized spacial score (nSPS) is 11.0. The first kappa shape index (κ1) is 17.4. The Morgan fingerprint density at radius 3 is 2.57 bits per heavy atom. The number of carbonyl (C=O) groups is 2. The molecule has 0 bridgehead atoms. The van der Waals surface area contributed by atoms with E-state index in [0.29, 0.717) is 5.75 Å². The van der Waals surface area contributed by atoms with Crippen molar-refractivity contribution in [1.82, 2.24) is 30.8 Å². The van der Waals surface area contributed by atoms with Gasteiger partial charge < -0.3 is 10.6 Å². The van der Waals surface area contributed by atoms with Crippen molar-refractivity contribution < 1.29 is 9.59 Å². The van der Waals surface area contributed by atoms with Crippen molar-refractivity contribution in [3.63, 3.8) is 0 Å². The third kappa shape index (κ3) is 6.56. The molecule has 0 fully saturated rings. The molecule has 0 radical (unpaired) electrons. The van der Waals surface area contributed by atoms with Gasteiger partial charge in [-0.15, -0.1) is 16.9 Å². The molecule has 1 aromatic heterocycles. The minimum absolute atomic E-state index is 0.00130. The summed E-state index contributed by atoms with van der Waals surface area (Å²) in [6, 6.07) is 0.253. The van der Waals surface area contributed by atoms with Gasteiger partial charge in [-0.1, -0.05) is 0 Å². The zero-order valence-electron chi connectivity index (χ0n) is 12.8. The standard InChI is InChI=1S/C12H22N6O2S/c1-8(2)14-11(19)5-13-12(20)7-21-6-10-15-16-17-18(10)9(3)4/h8-9H,5-7H2,1-4H3,(H,13,20)(H,14,19). The van der Waals surface area contributed by atoms with E-state index in [-0.39, 0.29) is 36.2 Å². The van der Waals surface area contributed by atoms with Gasteiger partial charge in [0.2, 0.25) is 11.8 Å². The molecule has 0 aliphatic carbocycles. The number of nitrogens with zero attached hydrogens (tertiary/aromatic N) is 4. The molecule has 0 aliphatic rings. The zero-order valence-corrected chi connectivity index (χ0v) is 13.6. The van der Waals surface area contributed by atoms with Gasteiger partial charge in [-0.25, -0.2) is 4.68 Å². The fraction of sp³-hybridized carbons (Fsp3) is 0.750. The molecule has 21 heavy (non-hydrogen) atoms. The minimum atomic E-state index is -0.188. The number of hydrogen-bond donors (Lipinski definition) is 2. The number of tetrazole rings is 1. The number of aromatic nitrogens is 4. The van der Waals surface area contributed by atoms with Crippen molar-refractivity contribution in [2.24, 2.45) is 0 Å². The van der Waals surface area contributed by atoms with E-state index in [2.05, 4.69) is 26.2 Å². The Morgan fingerprint density at radius 2 is 1.95 bits per heavy atom. The van der Waals surface area contributed by atoms with Crippen LogP contribution in [0.3, 0.4) is 0 Å². The number of carbonyl (C=O) groups excluding carboxylic acids is 2. The van der Waals surface area contributed by atoms with Gasteiger partial charge in [0.15, 0.2) is 5.82 Å². The maximum absolute atomic E-state index is 11.6. The molecule has 8 nitrogen and oxygen atoms in total. The van der Waals surface area contributed by atoms with Gasteiger partial charge >= 0.3 is 0 Å². The van der Waals surface area contributed by atoms with Crippen molar-refractivity contribution in [1.29, 1.82) is 0 Å². The third-order valence-electron chi connectivity index (χ3n) is 2.41. The van der Waals surface area contributed by atoms with E-state index >= 15 is 0 Å². The van der Waals surface area contributed by atoms with Crippen molar-refractivity contribution in [2.75, 3.05) is 12.3 Å². The van der Waals surface area contributed by atoms with Gasteiger partial charge in [0.1, 0.15) is 0 Å². The summed E-state index contributed by atoms with van der Waals surface area (Å²) in [5.41, 5.74) is 0. The van der Waals surface area contributed by atoms with Crippen LogP contribution < -0.4 is 10.6 Å². The molecule has 0 aromatic carbocycles. The number of thioether (sulfide) groups is 1. The molecule has 0 saturated carbocycles. The van der Waals surface area contributed by atoms with Crippen molar-refractivity contribution in [3.05, 3.63) is 5.82 Å². The summed E-state index contributed by atoms with van der Waals surface area (Å²) in [4.78, 5) is 23.0. The predicted molar refractivity (Wildman–Crippen MR) is 80.7 cm³/mol. The summed E-state index contributed by atoms with van der Waals surface area (Å²) in [6.45, 7) is 7.72. The summed E-state index contributed by atoms with van der Waals surface area (Å²) >= 11 is 1.41. The Kier molecular flexibility index (Phi) is 7.13. The molecule has 0 unspecified atom stereocenters. The van der Waals surface area contributed by atoms with Crippen molar-refractivity contribution in [3.8, 4) is 0 Å². The lowest BCUT2D eigenvalue weighted by molar-refractivity contribution is -0.125. The molecule has 0 atom stereocenters. The van der Waals surface area contributed by atoms with Gasteiger partial charge in [0, 0.05) is 6.04 Å². The molecular formula is C12H22N6O2S. The monoisotopic (exact) mass is 314 g/mol. The summed E-state index contributed by atoms with van der Waals surface area (Å²) in [6.07, 6.45) is 0. The molecule has 2 N–H and O–H groups in total. The predicted octanol–water partition coefficient (Wildman–Crippen LogP) is 0.128. The van der Waals surface area contributed by atoms with E-state index in [0.717, 1.165) is 5.82 Å². The molecular weight excluding hydrogens is 292 g/mol. The SMILES string of the molecule is CC(C)NC(=O)CNC(=O)CSCc1nnnn1C(C)C. The number of amides is 2. The molecule has 0 saturated heterocycles. The summed E-state index contributed by atoms with van der Waals surface area (Å²) < 4.78 is 1.72. The van der Waals surface area contributed by atoms with Crippen LogP contribution in [-0.4, -0.2) is 50.4 Å². The molecule has 1 aromatic rings. The highest BCUT2D eigenvalue weighted by atomic mass is 32.2. The van der Waals surface area contributed by atoms with Crippen molar-refractivity contribution >= 4 is 23.6 Å². The first-order valence-corrected chi connectivity index (χ1v) is 7.96. The molecule has 118 valence electrons. The number of hydrogen-bond acceptors (Lipinski definition) is 6. The lowest BCUT2D eigenvalue weighted by Gasteiger charge is -2.09. The highest BCUT2D eigenvalue weighted by molar-refractivity contribution is 7.99. The van der Waals surface area contributed by atoms with Gasteiger partial charge in [-0.2, -0.15) is 0 Å².